The zero-order chi connectivity index (χ0) is 23.6. The van der Waals surface area contributed by atoms with E-state index in [4.69, 9.17) is 14.5 Å². The number of carbonyl (C=O) groups excluding carboxylic acids is 1. The van der Waals surface area contributed by atoms with Gasteiger partial charge in [0.25, 0.3) is 5.91 Å². The number of rotatable bonds is 6. The molecule has 6 heteroatoms. The van der Waals surface area contributed by atoms with Crippen LogP contribution in [0.3, 0.4) is 0 Å². The van der Waals surface area contributed by atoms with Crippen LogP contribution in [0.2, 0.25) is 0 Å². The van der Waals surface area contributed by atoms with Crippen molar-refractivity contribution in [1.82, 2.24) is 4.98 Å². The average Bonchev–Trinajstić information content (AvgIpc) is 3.27. The summed E-state index contributed by atoms with van der Waals surface area (Å²) in [5, 5.41) is 0.599. The van der Waals surface area contributed by atoms with E-state index in [2.05, 4.69) is 20.8 Å². The quantitative estimate of drug-likeness (QED) is 0.331. The van der Waals surface area contributed by atoms with E-state index in [1.54, 1.807) is 19.1 Å². The fourth-order valence-electron chi connectivity index (χ4n) is 3.65. The highest BCUT2D eigenvalue weighted by atomic mass is 32.1. The molecule has 4 aromatic rings. The van der Waals surface area contributed by atoms with Crippen LogP contribution in [0.1, 0.15) is 42.3 Å². The molecule has 0 fully saturated rings. The maximum atomic E-state index is 13.7. The second-order valence-electron chi connectivity index (χ2n) is 8.85. The monoisotopic (exact) mass is 460 g/mol. The molecule has 0 aliphatic heterocycles. The van der Waals surface area contributed by atoms with Gasteiger partial charge in [-0.3, -0.25) is 9.69 Å². The van der Waals surface area contributed by atoms with E-state index in [0.717, 1.165) is 10.3 Å². The van der Waals surface area contributed by atoms with Crippen LogP contribution in [0.4, 0.5) is 5.13 Å². The van der Waals surface area contributed by atoms with Gasteiger partial charge < -0.3 is 9.47 Å². The second-order valence-corrected chi connectivity index (χ2v) is 9.83. The minimum Gasteiger partial charge on any atom is -0.495 e. The number of benzene rings is 3. The lowest BCUT2D eigenvalue weighted by Gasteiger charge is -2.22. The largest absolute Gasteiger partial charge is 0.495 e. The predicted octanol–water partition coefficient (Wildman–Crippen LogP) is 6.46. The number of methoxy groups -OCH3 is 2. The summed E-state index contributed by atoms with van der Waals surface area (Å²) in [6.45, 7) is 6.89. The number of amides is 1. The molecular formula is C27H28N2O3S. The number of hydrogen-bond donors (Lipinski definition) is 0. The van der Waals surface area contributed by atoms with Crippen molar-refractivity contribution in [1.29, 1.82) is 0 Å². The number of aromatic nitrogens is 1. The Hall–Kier alpha value is -3.38. The Labute approximate surface area is 198 Å². The van der Waals surface area contributed by atoms with E-state index >= 15 is 0 Å². The molecule has 0 radical (unpaired) electrons. The van der Waals surface area contributed by atoms with E-state index in [1.807, 2.05) is 66.7 Å². The molecule has 1 heterocycles. The van der Waals surface area contributed by atoms with Gasteiger partial charge in [0.05, 0.1) is 20.8 Å². The maximum absolute atomic E-state index is 13.7. The normalized spacial score (nSPS) is 11.4. The van der Waals surface area contributed by atoms with E-state index < -0.39 is 0 Å². The first-order valence-corrected chi connectivity index (χ1v) is 11.6. The highest BCUT2D eigenvalue weighted by Gasteiger charge is 2.24. The zero-order valence-corrected chi connectivity index (χ0v) is 20.4. The summed E-state index contributed by atoms with van der Waals surface area (Å²) in [5.41, 5.74) is 3.53. The number of hydrogen-bond acceptors (Lipinski definition) is 5. The van der Waals surface area contributed by atoms with E-state index in [9.17, 15) is 4.79 Å². The first-order chi connectivity index (χ1) is 15.8. The van der Waals surface area contributed by atoms with Crippen molar-refractivity contribution in [2.75, 3.05) is 19.1 Å². The van der Waals surface area contributed by atoms with Crippen LogP contribution in [0.25, 0.3) is 10.2 Å². The van der Waals surface area contributed by atoms with Crippen LogP contribution >= 0.6 is 11.3 Å². The minimum absolute atomic E-state index is 0.0193. The number of ether oxygens (including phenoxy) is 2. The van der Waals surface area contributed by atoms with Crippen molar-refractivity contribution >= 4 is 32.6 Å². The summed E-state index contributed by atoms with van der Waals surface area (Å²) in [6.07, 6.45) is 0. The molecule has 1 aromatic heterocycles. The highest BCUT2D eigenvalue weighted by molar-refractivity contribution is 7.22. The molecule has 0 unspecified atom stereocenters. The second kappa shape index (κ2) is 9.24. The average molecular weight is 461 g/mol. The third-order valence-electron chi connectivity index (χ3n) is 5.56. The summed E-state index contributed by atoms with van der Waals surface area (Å²) in [7, 11) is 3.24. The Morgan fingerprint density at radius 3 is 2.15 bits per heavy atom. The lowest BCUT2D eigenvalue weighted by atomic mass is 9.86. The van der Waals surface area contributed by atoms with Gasteiger partial charge in [0.2, 0.25) is 0 Å². The lowest BCUT2D eigenvalue weighted by molar-refractivity contribution is 0.0985. The Morgan fingerprint density at radius 2 is 1.55 bits per heavy atom. The molecule has 0 spiro atoms. The Balaban J connectivity index is 1.79. The van der Waals surface area contributed by atoms with Crippen molar-refractivity contribution in [2.45, 2.75) is 32.7 Å². The number of thiazole rings is 1. The SMILES string of the molecule is COc1ccc(OC)c2sc(N(Cc3ccccc3)C(=O)c3ccc(C(C)(C)C)cc3)nc12. The smallest absolute Gasteiger partial charge is 0.260 e. The van der Waals surface area contributed by atoms with E-state index in [0.29, 0.717) is 34.3 Å². The van der Waals surface area contributed by atoms with Crippen molar-refractivity contribution < 1.29 is 14.3 Å². The van der Waals surface area contributed by atoms with Gasteiger partial charge in [-0.05, 0) is 40.8 Å². The standard InChI is InChI=1S/C27H28N2O3S/c1-27(2,3)20-13-11-19(12-14-20)25(30)29(17-18-9-7-6-8-10-18)26-28-23-21(31-4)15-16-22(32-5)24(23)33-26/h6-16H,17H2,1-5H3. The van der Waals surface area contributed by atoms with Crippen LogP contribution in [0.5, 0.6) is 11.5 Å². The molecule has 3 aromatic carbocycles. The van der Waals surface area contributed by atoms with Gasteiger partial charge in [-0.1, -0.05) is 74.6 Å². The Kier molecular flexibility index (Phi) is 6.38. The minimum atomic E-state index is -0.101. The summed E-state index contributed by atoms with van der Waals surface area (Å²) in [6, 6.07) is 21.5. The third kappa shape index (κ3) is 4.71. The fourth-order valence-corrected chi connectivity index (χ4v) is 4.72. The number of fused-ring (bicyclic) bond motifs is 1. The van der Waals surface area contributed by atoms with Crippen molar-refractivity contribution in [3.8, 4) is 11.5 Å². The van der Waals surface area contributed by atoms with Gasteiger partial charge in [-0.25, -0.2) is 4.98 Å². The molecule has 0 saturated carbocycles. The molecule has 0 aliphatic rings. The topological polar surface area (TPSA) is 51.7 Å². The van der Waals surface area contributed by atoms with Crippen molar-refractivity contribution in [3.63, 3.8) is 0 Å². The summed E-state index contributed by atoms with van der Waals surface area (Å²) in [4.78, 5) is 20.3. The third-order valence-corrected chi connectivity index (χ3v) is 6.65. The molecule has 0 atom stereocenters. The van der Waals surface area contributed by atoms with Crippen LogP contribution in [0.15, 0.2) is 66.7 Å². The van der Waals surface area contributed by atoms with Crippen LogP contribution in [-0.2, 0) is 12.0 Å². The molecule has 0 bridgehead atoms. The molecule has 0 N–H and O–H groups in total. The highest BCUT2D eigenvalue weighted by Crippen LogP contribution is 2.40. The summed E-state index contributed by atoms with van der Waals surface area (Å²) < 4.78 is 11.9. The molecule has 33 heavy (non-hydrogen) atoms. The van der Waals surface area contributed by atoms with Crippen molar-refractivity contribution in [3.05, 3.63) is 83.4 Å². The molecule has 0 aliphatic carbocycles. The van der Waals surface area contributed by atoms with Crippen LogP contribution in [0, 0.1) is 0 Å². The van der Waals surface area contributed by atoms with E-state index in [1.165, 1.54) is 16.9 Å². The van der Waals surface area contributed by atoms with Gasteiger partial charge in [0.15, 0.2) is 5.13 Å². The van der Waals surface area contributed by atoms with Gasteiger partial charge in [-0.15, -0.1) is 0 Å². The zero-order valence-electron chi connectivity index (χ0n) is 19.6. The van der Waals surface area contributed by atoms with Crippen LogP contribution < -0.4 is 14.4 Å². The molecule has 1 amide bonds. The van der Waals surface area contributed by atoms with Gasteiger partial charge in [0.1, 0.15) is 21.7 Å². The molecular weight excluding hydrogens is 432 g/mol. The molecule has 170 valence electrons. The lowest BCUT2D eigenvalue weighted by Crippen LogP contribution is -2.30. The summed E-state index contributed by atoms with van der Waals surface area (Å²) >= 11 is 1.42. The molecule has 5 nitrogen and oxygen atoms in total. The summed E-state index contributed by atoms with van der Waals surface area (Å²) in [5.74, 6) is 1.25. The number of carbonyl (C=O) groups is 1. The van der Waals surface area contributed by atoms with E-state index in [-0.39, 0.29) is 11.3 Å². The maximum Gasteiger partial charge on any atom is 0.260 e. The number of anilines is 1. The van der Waals surface area contributed by atoms with Gasteiger partial charge >= 0.3 is 0 Å². The Bertz CT molecular complexity index is 1220. The van der Waals surface area contributed by atoms with Crippen LogP contribution in [-0.4, -0.2) is 25.1 Å². The van der Waals surface area contributed by atoms with Gasteiger partial charge in [0, 0.05) is 5.56 Å². The Morgan fingerprint density at radius 1 is 0.909 bits per heavy atom. The van der Waals surface area contributed by atoms with Crippen molar-refractivity contribution in [2.24, 2.45) is 0 Å². The number of nitrogens with zero attached hydrogens (tertiary/aromatic N) is 2. The predicted molar refractivity (Wildman–Crippen MR) is 135 cm³/mol. The molecule has 0 saturated heterocycles. The molecule has 4 rings (SSSR count). The van der Waals surface area contributed by atoms with Gasteiger partial charge in [-0.2, -0.15) is 0 Å². The first-order valence-electron chi connectivity index (χ1n) is 10.8. The fraction of sp³-hybridized carbons (Fsp3) is 0.259. The first kappa shape index (κ1) is 22.8.